The van der Waals surface area contributed by atoms with E-state index in [2.05, 4.69) is 254 Å². The average Bonchev–Trinajstić information content (AvgIpc) is 3.83. The molecule has 1 heterocycles. The lowest BCUT2D eigenvalue weighted by molar-refractivity contribution is 0.660. The quantitative estimate of drug-likeness (QED) is 0.151. The fraction of sp³-hybridized carbons (Fsp3) is 0.0462. The average molecular weight is 853 g/mol. The van der Waals surface area contributed by atoms with Crippen molar-refractivity contribution in [2.45, 2.75) is 19.3 Å². The number of aromatic nitrogens is 1. The Balaban J connectivity index is 0.925. The molecule has 2 heteroatoms. The topological polar surface area (TPSA) is 8.17 Å². The molecule has 0 radical (unpaired) electrons. The Kier molecular flexibility index (Phi) is 8.06. The van der Waals surface area contributed by atoms with Gasteiger partial charge in [0, 0.05) is 38.6 Å². The zero-order valence-corrected chi connectivity index (χ0v) is 37.3. The molecule has 0 unspecified atom stereocenters. The standard InChI is InChI=1S/C65H44N2/c1-65(2)57-38-47(28-33-53(57)54-35-32-51(40-58(54)65)66(49-19-7-4-8-20-49)59-22-12-16-43-15-9-10-21-52(43)59)46-29-36-60-56(37-46)64-55-34-27-45-18-11-17-44-23-24-48(63(55)62(44)45)39-61(64)67(60)50-30-25-42(26-31-50)41-13-5-3-6-14-41/h3-40H,1-2H3. The highest BCUT2D eigenvalue weighted by atomic mass is 15.1. The molecule has 1 aromatic heterocycles. The van der Waals surface area contributed by atoms with Crippen molar-refractivity contribution in [2.24, 2.45) is 0 Å². The first-order valence-electron chi connectivity index (χ1n) is 23.4. The van der Waals surface area contributed by atoms with Crippen molar-refractivity contribution >= 4 is 82.0 Å². The molecule has 67 heavy (non-hydrogen) atoms. The van der Waals surface area contributed by atoms with Crippen LogP contribution in [0.4, 0.5) is 17.1 Å². The number of hydrogen-bond acceptors (Lipinski definition) is 1. The molecule has 314 valence electrons. The van der Waals surface area contributed by atoms with E-state index in [-0.39, 0.29) is 5.41 Å². The molecule has 13 aromatic rings. The third kappa shape index (κ3) is 5.63. The van der Waals surface area contributed by atoms with Crippen LogP contribution in [0.25, 0.3) is 104 Å². The summed E-state index contributed by atoms with van der Waals surface area (Å²) < 4.78 is 2.48. The number of benzene rings is 12. The fourth-order valence-corrected chi connectivity index (χ4v) is 11.7. The van der Waals surface area contributed by atoms with Crippen LogP contribution in [0.1, 0.15) is 25.0 Å². The van der Waals surface area contributed by atoms with Gasteiger partial charge >= 0.3 is 0 Å². The van der Waals surface area contributed by atoms with Crippen molar-refractivity contribution in [3.63, 3.8) is 0 Å². The Hall–Kier alpha value is -8.46. The lowest BCUT2D eigenvalue weighted by Gasteiger charge is -2.29. The van der Waals surface area contributed by atoms with Crippen molar-refractivity contribution in [1.29, 1.82) is 0 Å². The van der Waals surface area contributed by atoms with E-state index in [4.69, 9.17) is 0 Å². The molecule has 0 N–H and O–H groups in total. The first kappa shape index (κ1) is 37.9. The first-order valence-corrected chi connectivity index (χ1v) is 23.4. The van der Waals surface area contributed by atoms with Gasteiger partial charge in [-0.2, -0.15) is 0 Å². The van der Waals surface area contributed by atoms with E-state index in [0.717, 1.165) is 17.1 Å². The van der Waals surface area contributed by atoms with E-state index in [1.54, 1.807) is 0 Å². The largest absolute Gasteiger partial charge is 0.310 e. The molecule has 0 aliphatic heterocycles. The monoisotopic (exact) mass is 852 g/mol. The second kappa shape index (κ2) is 14.3. The molecule has 12 aromatic carbocycles. The molecule has 14 rings (SSSR count). The number of hydrogen-bond donors (Lipinski definition) is 0. The summed E-state index contributed by atoms with van der Waals surface area (Å²) >= 11 is 0. The Labute approximate surface area is 389 Å². The number of nitrogens with zero attached hydrogens (tertiary/aromatic N) is 2. The lowest BCUT2D eigenvalue weighted by Crippen LogP contribution is -2.16. The molecular formula is C65H44N2. The van der Waals surface area contributed by atoms with Gasteiger partial charge in [0.25, 0.3) is 0 Å². The van der Waals surface area contributed by atoms with E-state index in [1.807, 2.05) is 0 Å². The van der Waals surface area contributed by atoms with Crippen molar-refractivity contribution < 1.29 is 0 Å². The highest BCUT2D eigenvalue weighted by molar-refractivity contribution is 6.33. The second-order valence-corrected chi connectivity index (χ2v) is 18.9. The smallest absolute Gasteiger partial charge is 0.0553 e. The number of anilines is 3. The molecule has 0 saturated carbocycles. The van der Waals surface area contributed by atoms with Crippen LogP contribution in [0.2, 0.25) is 0 Å². The molecule has 0 atom stereocenters. The van der Waals surface area contributed by atoms with Crippen molar-refractivity contribution in [1.82, 2.24) is 4.57 Å². The SMILES string of the molecule is CC1(C)c2cc(-c3ccc4c(c3)c3c5ccc6cccc7ccc(cc3n4-c3ccc(-c4ccccc4)cc3)c5c76)ccc2-c2ccc(N(c3ccccc3)c3cccc4ccccc34)cc21. The lowest BCUT2D eigenvalue weighted by atomic mass is 9.81. The maximum atomic E-state index is 2.48. The molecule has 0 amide bonds. The molecule has 0 fully saturated rings. The van der Waals surface area contributed by atoms with Crippen LogP contribution in [-0.2, 0) is 5.41 Å². The van der Waals surface area contributed by atoms with Gasteiger partial charge in [-0.15, -0.1) is 0 Å². The Morgan fingerprint density at radius 1 is 0.343 bits per heavy atom. The maximum absolute atomic E-state index is 2.48. The minimum Gasteiger partial charge on any atom is -0.310 e. The minimum atomic E-state index is -0.226. The van der Waals surface area contributed by atoms with E-state index >= 15 is 0 Å². The van der Waals surface area contributed by atoms with Crippen LogP contribution >= 0.6 is 0 Å². The summed E-state index contributed by atoms with van der Waals surface area (Å²) in [6.45, 7) is 4.80. The highest BCUT2D eigenvalue weighted by Gasteiger charge is 2.36. The van der Waals surface area contributed by atoms with E-state index in [9.17, 15) is 0 Å². The third-order valence-corrected chi connectivity index (χ3v) is 14.9. The summed E-state index contributed by atoms with van der Waals surface area (Å²) in [5.41, 5.74) is 17.0. The fourth-order valence-electron chi connectivity index (χ4n) is 11.7. The van der Waals surface area contributed by atoms with Crippen LogP contribution in [0, 0.1) is 0 Å². The van der Waals surface area contributed by atoms with Crippen LogP contribution in [0.3, 0.4) is 0 Å². The van der Waals surface area contributed by atoms with Gasteiger partial charge in [-0.1, -0.05) is 178 Å². The van der Waals surface area contributed by atoms with Crippen LogP contribution in [0.15, 0.2) is 231 Å². The van der Waals surface area contributed by atoms with Gasteiger partial charge in [-0.25, -0.2) is 0 Å². The zero-order chi connectivity index (χ0) is 44.4. The summed E-state index contributed by atoms with van der Waals surface area (Å²) in [7, 11) is 0. The number of para-hydroxylation sites is 1. The number of rotatable bonds is 6. The molecule has 1 aliphatic rings. The summed E-state index contributed by atoms with van der Waals surface area (Å²) in [4.78, 5) is 2.42. The summed E-state index contributed by atoms with van der Waals surface area (Å²) in [5.74, 6) is 0. The van der Waals surface area contributed by atoms with Crippen LogP contribution in [-0.4, -0.2) is 4.57 Å². The van der Waals surface area contributed by atoms with E-state index < -0.39 is 0 Å². The van der Waals surface area contributed by atoms with Gasteiger partial charge in [0.1, 0.15) is 0 Å². The maximum Gasteiger partial charge on any atom is 0.0553 e. The van der Waals surface area contributed by atoms with Gasteiger partial charge in [0.15, 0.2) is 0 Å². The second-order valence-electron chi connectivity index (χ2n) is 18.9. The van der Waals surface area contributed by atoms with Crippen molar-refractivity contribution in [2.75, 3.05) is 4.90 Å². The molecule has 0 spiro atoms. The molecule has 2 nitrogen and oxygen atoms in total. The molecule has 1 aliphatic carbocycles. The van der Waals surface area contributed by atoms with Gasteiger partial charge in [0.05, 0.1) is 16.7 Å². The molecule has 0 saturated heterocycles. The van der Waals surface area contributed by atoms with E-state index in [0.29, 0.717) is 0 Å². The van der Waals surface area contributed by atoms with Crippen molar-refractivity contribution in [3.8, 4) is 39.1 Å². The van der Waals surface area contributed by atoms with Gasteiger partial charge in [-0.3, -0.25) is 0 Å². The Morgan fingerprint density at radius 2 is 0.955 bits per heavy atom. The zero-order valence-electron chi connectivity index (χ0n) is 37.3. The Morgan fingerprint density at radius 3 is 1.78 bits per heavy atom. The van der Waals surface area contributed by atoms with Crippen LogP contribution in [0.5, 0.6) is 0 Å². The molecular weight excluding hydrogens is 809 g/mol. The normalized spacial score (nSPS) is 13.0. The predicted octanol–water partition coefficient (Wildman–Crippen LogP) is 17.9. The minimum absolute atomic E-state index is 0.226. The van der Waals surface area contributed by atoms with Crippen molar-refractivity contribution in [3.05, 3.63) is 242 Å². The predicted molar refractivity (Wildman–Crippen MR) is 285 cm³/mol. The summed E-state index contributed by atoms with van der Waals surface area (Å²) in [6, 6.07) is 85.7. The number of fused-ring (bicyclic) bond motifs is 8. The first-order chi connectivity index (χ1) is 33.0. The molecule has 0 bridgehead atoms. The van der Waals surface area contributed by atoms with Gasteiger partial charge in [-0.05, 0) is 149 Å². The highest BCUT2D eigenvalue weighted by Crippen LogP contribution is 2.52. The third-order valence-electron chi connectivity index (χ3n) is 14.9. The Bertz CT molecular complexity index is 4080. The van der Waals surface area contributed by atoms with Crippen LogP contribution < -0.4 is 4.90 Å². The van der Waals surface area contributed by atoms with Gasteiger partial charge < -0.3 is 9.47 Å². The van der Waals surface area contributed by atoms with E-state index in [1.165, 1.54) is 115 Å². The van der Waals surface area contributed by atoms with Gasteiger partial charge in [0.2, 0.25) is 0 Å². The summed E-state index contributed by atoms with van der Waals surface area (Å²) in [6.07, 6.45) is 0. The summed E-state index contributed by atoms with van der Waals surface area (Å²) in [5, 5.41) is 12.8.